The lowest BCUT2D eigenvalue weighted by Gasteiger charge is -2.20. The van der Waals surface area contributed by atoms with Gasteiger partial charge in [0.2, 0.25) is 0 Å². The summed E-state index contributed by atoms with van der Waals surface area (Å²) in [6.07, 6.45) is 1.51. The van der Waals surface area contributed by atoms with Crippen LogP contribution in [-0.4, -0.2) is 28.8 Å². The summed E-state index contributed by atoms with van der Waals surface area (Å²) in [4.78, 5) is 10.9. The third-order valence-electron chi connectivity index (χ3n) is 3.44. The highest BCUT2D eigenvalue weighted by Crippen LogP contribution is 2.15. The minimum Gasteiger partial charge on any atom is -0.478 e. The van der Waals surface area contributed by atoms with Gasteiger partial charge in [-0.2, -0.15) is 0 Å². The molecule has 3 N–H and O–H groups in total. The number of furan rings is 1. The molecule has 108 valence electrons. The molecule has 1 aromatic rings. The smallest absolute Gasteiger partial charge is 0.339 e. The molecule has 1 aromatic heterocycles. The first-order valence-corrected chi connectivity index (χ1v) is 6.70. The second kappa shape index (κ2) is 7.31. The predicted molar refractivity (Wildman–Crippen MR) is 72.2 cm³/mol. The highest BCUT2D eigenvalue weighted by molar-refractivity contribution is 5.88. The summed E-state index contributed by atoms with van der Waals surface area (Å²) in [7, 11) is 0. The van der Waals surface area contributed by atoms with E-state index < -0.39 is 5.97 Å². The van der Waals surface area contributed by atoms with Crippen molar-refractivity contribution in [1.29, 1.82) is 0 Å². The fourth-order valence-electron chi connectivity index (χ4n) is 2.19. The normalized spacial score (nSPS) is 12.9. The summed E-state index contributed by atoms with van der Waals surface area (Å²) in [5, 5.41) is 21.9. The first kappa shape index (κ1) is 15.7. The van der Waals surface area contributed by atoms with Crippen LogP contribution in [0.5, 0.6) is 0 Å². The number of hydrogen-bond donors (Lipinski definition) is 3. The van der Waals surface area contributed by atoms with Crippen LogP contribution in [0.2, 0.25) is 0 Å². The Balaban J connectivity index is 2.45. The zero-order chi connectivity index (χ0) is 14.4. The van der Waals surface area contributed by atoms with Crippen LogP contribution < -0.4 is 5.32 Å². The number of aromatic carboxylic acids is 1. The molecule has 0 aromatic carbocycles. The number of carboxylic acid groups (broad SMARTS) is 1. The molecule has 0 bridgehead atoms. The third-order valence-corrected chi connectivity index (χ3v) is 3.44. The van der Waals surface area contributed by atoms with E-state index in [1.54, 1.807) is 6.92 Å². The van der Waals surface area contributed by atoms with Gasteiger partial charge in [-0.3, -0.25) is 0 Å². The molecule has 0 aliphatic carbocycles. The van der Waals surface area contributed by atoms with Crippen LogP contribution in [0.3, 0.4) is 0 Å². The van der Waals surface area contributed by atoms with Gasteiger partial charge in [0.15, 0.2) is 0 Å². The Morgan fingerprint density at radius 3 is 2.53 bits per heavy atom. The van der Waals surface area contributed by atoms with Crippen molar-refractivity contribution in [2.24, 2.45) is 5.92 Å². The van der Waals surface area contributed by atoms with Crippen LogP contribution in [0.25, 0.3) is 0 Å². The minimum atomic E-state index is -0.982. The number of carboxylic acids is 1. The van der Waals surface area contributed by atoms with Gasteiger partial charge in [-0.25, -0.2) is 4.79 Å². The molecule has 0 aliphatic heterocycles. The summed E-state index contributed by atoms with van der Waals surface area (Å²) >= 11 is 0. The predicted octanol–water partition coefficient (Wildman–Crippen LogP) is 2.17. The molecule has 0 spiro atoms. The van der Waals surface area contributed by atoms with E-state index in [9.17, 15) is 9.90 Å². The molecule has 0 saturated heterocycles. The second-order valence-corrected chi connectivity index (χ2v) is 4.76. The number of carbonyl (C=O) groups is 1. The van der Waals surface area contributed by atoms with E-state index in [-0.39, 0.29) is 11.7 Å². The van der Waals surface area contributed by atoms with E-state index in [0.717, 1.165) is 12.8 Å². The van der Waals surface area contributed by atoms with Gasteiger partial charge < -0.3 is 19.9 Å². The molecule has 5 nitrogen and oxygen atoms in total. The van der Waals surface area contributed by atoms with Crippen LogP contribution in [0.15, 0.2) is 10.5 Å². The number of aliphatic hydroxyl groups is 1. The van der Waals surface area contributed by atoms with Gasteiger partial charge in [0, 0.05) is 6.54 Å². The van der Waals surface area contributed by atoms with Crippen LogP contribution >= 0.6 is 0 Å². The van der Waals surface area contributed by atoms with Crippen molar-refractivity contribution >= 4 is 5.97 Å². The van der Waals surface area contributed by atoms with E-state index in [4.69, 9.17) is 9.52 Å². The topological polar surface area (TPSA) is 82.7 Å². The van der Waals surface area contributed by atoms with Crippen molar-refractivity contribution in [3.8, 4) is 0 Å². The van der Waals surface area contributed by atoms with Crippen molar-refractivity contribution in [3.05, 3.63) is 23.2 Å². The SMILES string of the molecule is CCC(CC)C(O)CNCc1cc(C(=O)O)c(C)o1. The maximum Gasteiger partial charge on any atom is 0.339 e. The standard InChI is InChI=1S/C14H23NO4/c1-4-10(5-2)13(16)8-15-7-11-6-12(14(17)18)9(3)19-11/h6,10,13,15-16H,4-5,7-8H2,1-3H3,(H,17,18). The first-order valence-electron chi connectivity index (χ1n) is 6.70. The van der Waals surface area contributed by atoms with Crippen LogP contribution in [0, 0.1) is 12.8 Å². The zero-order valence-electron chi connectivity index (χ0n) is 11.8. The summed E-state index contributed by atoms with van der Waals surface area (Å²) < 4.78 is 5.35. The monoisotopic (exact) mass is 269 g/mol. The molecule has 1 rings (SSSR count). The summed E-state index contributed by atoms with van der Waals surface area (Å²) in [5.41, 5.74) is 0.192. The van der Waals surface area contributed by atoms with E-state index in [1.807, 2.05) is 0 Å². The molecule has 1 atom stereocenters. The summed E-state index contributed by atoms with van der Waals surface area (Å²) in [6.45, 7) is 6.66. The summed E-state index contributed by atoms with van der Waals surface area (Å²) in [5.74, 6) is 0.293. The van der Waals surface area contributed by atoms with Crippen molar-refractivity contribution in [3.63, 3.8) is 0 Å². The largest absolute Gasteiger partial charge is 0.478 e. The minimum absolute atomic E-state index is 0.192. The molecule has 0 radical (unpaired) electrons. The van der Waals surface area contributed by atoms with E-state index in [2.05, 4.69) is 19.2 Å². The highest BCUT2D eigenvalue weighted by Gasteiger charge is 2.16. The number of nitrogens with one attached hydrogen (secondary N) is 1. The van der Waals surface area contributed by atoms with Crippen molar-refractivity contribution in [2.75, 3.05) is 6.54 Å². The average molecular weight is 269 g/mol. The van der Waals surface area contributed by atoms with E-state index in [1.165, 1.54) is 6.07 Å². The first-order chi connectivity index (χ1) is 8.99. The van der Waals surface area contributed by atoms with Crippen LogP contribution in [0.1, 0.15) is 48.6 Å². The number of hydrogen-bond acceptors (Lipinski definition) is 4. The maximum absolute atomic E-state index is 10.9. The molecule has 0 amide bonds. The Labute approximate surface area is 113 Å². The lowest BCUT2D eigenvalue weighted by atomic mass is 9.96. The lowest BCUT2D eigenvalue weighted by molar-refractivity contribution is 0.0695. The highest BCUT2D eigenvalue weighted by atomic mass is 16.4. The Kier molecular flexibility index (Phi) is 6.05. The van der Waals surface area contributed by atoms with Gasteiger partial charge in [0.25, 0.3) is 0 Å². The van der Waals surface area contributed by atoms with Gasteiger partial charge in [-0.05, 0) is 18.9 Å². The van der Waals surface area contributed by atoms with Crippen LogP contribution in [-0.2, 0) is 6.54 Å². The fourth-order valence-corrected chi connectivity index (χ4v) is 2.19. The van der Waals surface area contributed by atoms with Gasteiger partial charge in [0.1, 0.15) is 17.1 Å². The van der Waals surface area contributed by atoms with Crippen molar-refractivity contribution in [1.82, 2.24) is 5.32 Å². The molecular formula is C14H23NO4. The zero-order valence-corrected chi connectivity index (χ0v) is 11.8. The molecular weight excluding hydrogens is 246 g/mol. The van der Waals surface area contributed by atoms with Gasteiger partial charge in [0.05, 0.1) is 12.6 Å². The van der Waals surface area contributed by atoms with Crippen LogP contribution in [0.4, 0.5) is 0 Å². The molecule has 0 fully saturated rings. The quantitative estimate of drug-likeness (QED) is 0.673. The van der Waals surface area contributed by atoms with E-state index >= 15 is 0 Å². The van der Waals surface area contributed by atoms with E-state index in [0.29, 0.717) is 30.5 Å². The average Bonchev–Trinajstić information content (AvgIpc) is 2.72. The van der Waals surface area contributed by atoms with Gasteiger partial charge >= 0.3 is 5.97 Å². The third kappa shape index (κ3) is 4.36. The molecule has 1 unspecified atom stereocenters. The number of rotatable bonds is 8. The Morgan fingerprint density at radius 1 is 1.42 bits per heavy atom. The molecule has 19 heavy (non-hydrogen) atoms. The number of aliphatic hydroxyl groups excluding tert-OH is 1. The lowest BCUT2D eigenvalue weighted by Crippen LogP contribution is -2.32. The Morgan fingerprint density at radius 2 is 2.05 bits per heavy atom. The van der Waals surface area contributed by atoms with Gasteiger partial charge in [-0.1, -0.05) is 26.7 Å². The fraction of sp³-hybridized carbons (Fsp3) is 0.643. The van der Waals surface area contributed by atoms with Crippen molar-refractivity contribution < 1.29 is 19.4 Å². The Hall–Kier alpha value is -1.33. The summed E-state index contributed by atoms with van der Waals surface area (Å²) in [6, 6.07) is 1.52. The molecule has 0 saturated carbocycles. The maximum atomic E-state index is 10.9. The second-order valence-electron chi connectivity index (χ2n) is 4.76. The molecule has 5 heteroatoms. The number of aryl methyl sites for hydroxylation is 1. The van der Waals surface area contributed by atoms with Crippen molar-refractivity contribution in [2.45, 2.75) is 46.3 Å². The Bertz CT molecular complexity index is 410. The molecule has 1 heterocycles. The van der Waals surface area contributed by atoms with Gasteiger partial charge in [-0.15, -0.1) is 0 Å². The molecule has 0 aliphatic rings.